The Kier molecular flexibility index (Phi) is 4.02. The van der Waals surface area contributed by atoms with E-state index in [1.807, 2.05) is 14.0 Å². The standard InChI is InChI=1S/C12H19N7S/c1-8-14-10(16-15-8)7-20-12-18-17-11(19(12)2)9-3-5-13-6-4-9/h9,13H,3-7H2,1-2H3,(H,14,15,16). The van der Waals surface area contributed by atoms with Gasteiger partial charge in [0.25, 0.3) is 0 Å². The van der Waals surface area contributed by atoms with Crippen molar-refractivity contribution in [1.29, 1.82) is 0 Å². The molecule has 0 bridgehead atoms. The molecule has 8 heteroatoms. The second kappa shape index (κ2) is 5.92. The number of aromatic amines is 1. The zero-order valence-corrected chi connectivity index (χ0v) is 12.6. The molecule has 0 atom stereocenters. The largest absolute Gasteiger partial charge is 0.317 e. The number of hydrogen-bond acceptors (Lipinski definition) is 6. The predicted molar refractivity (Wildman–Crippen MR) is 76.5 cm³/mol. The van der Waals surface area contributed by atoms with Gasteiger partial charge in [0.2, 0.25) is 0 Å². The fourth-order valence-electron chi connectivity index (χ4n) is 2.47. The van der Waals surface area contributed by atoms with Gasteiger partial charge < -0.3 is 9.88 Å². The molecule has 2 aromatic rings. The second-order valence-corrected chi connectivity index (χ2v) is 5.99. The third-order valence-corrected chi connectivity index (χ3v) is 4.56. The van der Waals surface area contributed by atoms with Crippen LogP contribution in [0.1, 0.15) is 36.2 Å². The summed E-state index contributed by atoms with van der Waals surface area (Å²) in [6.45, 7) is 4.03. The summed E-state index contributed by atoms with van der Waals surface area (Å²) >= 11 is 1.63. The Morgan fingerprint density at radius 1 is 1.30 bits per heavy atom. The molecule has 108 valence electrons. The van der Waals surface area contributed by atoms with E-state index in [4.69, 9.17) is 0 Å². The van der Waals surface area contributed by atoms with E-state index in [2.05, 4.69) is 35.3 Å². The van der Waals surface area contributed by atoms with Gasteiger partial charge in [-0.25, -0.2) is 4.98 Å². The summed E-state index contributed by atoms with van der Waals surface area (Å²) in [5.41, 5.74) is 0. The van der Waals surface area contributed by atoms with Crippen molar-refractivity contribution < 1.29 is 0 Å². The average molecular weight is 293 g/mol. The van der Waals surface area contributed by atoms with Crippen LogP contribution in [0.3, 0.4) is 0 Å². The number of aromatic nitrogens is 6. The molecule has 2 aromatic heterocycles. The van der Waals surface area contributed by atoms with Crippen molar-refractivity contribution in [2.24, 2.45) is 7.05 Å². The maximum atomic E-state index is 4.37. The van der Waals surface area contributed by atoms with Gasteiger partial charge in [-0.1, -0.05) is 11.8 Å². The number of hydrogen-bond donors (Lipinski definition) is 2. The van der Waals surface area contributed by atoms with Crippen LogP contribution in [0.4, 0.5) is 0 Å². The first-order chi connectivity index (χ1) is 9.74. The molecule has 0 amide bonds. The summed E-state index contributed by atoms with van der Waals surface area (Å²) in [6.07, 6.45) is 2.27. The van der Waals surface area contributed by atoms with Crippen LogP contribution in [-0.2, 0) is 12.8 Å². The predicted octanol–water partition coefficient (Wildman–Crippen LogP) is 1.00. The van der Waals surface area contributed by atoms with Gasteiger partial charge in [-0.2, -0.15) is 5.10 Å². The summed E-state index contributed by atoms with van der Waals surface area (Å²) in [4.78, 5) is 4.30. The molecule has 1 saturated heterocycles. The molecule has 0 aromatic carbocycles. The number of piperidine rings is 1. The van der Waals surface area contributed by atoms with Crippen molar-refractivity contribution in [2.75, 3.05) is 13.1 Å². The zero-order valence-electron chi connectivity index (χ0n) is 11.8. The molecule has 2 N–H and O–H groups in total. The molecule has 1 fully saturated rings. The molecule has 3 rings (SSSR count). The molecular weight excluding hydrogens is 274 g/mol. The van der Waals surface area contributed by atoms with Gasteiger partial charge in [0.1, 0.15) is 11.6 Å². The normalized spacial score (nSPS) is 16.7. The summed E-state index contributed by atoms with van der Waals surface area (Å²) in [6, 6.07) is 0. The minimum Gasteiger partial charge on any atom is -0.317 e. The monoisotopic (exact) mass is 293 g/mol. The zero-order chi connectivity index (χ0) is 13.9. The lowest BCUT2D eigenvalue weighted by molar-refractivity contribution is 0.434. The molecule has 1 aliphatic rings. The van der Waals surface area contributed by atoms with Gasteiger partial charge in [0.15, 0.2) is 11.0 Å². The van der Waals surface area contributed by atoms with Crippen LogP contribution < -0.4 is 5.32 Å². The Balaban J connectivity index is 1.66. The lowest BCUT2D eigenvalue weighted by atomic mass is 9.97. The van der Waals surface area contributed by atoms with Crippen LogP contribution in [0.2, 0.25) is 0 Å². The van der Waals surface area contributed by atoms with Crippen molar-refractivity contribution in [3.63, 3.8) is 0 Å². The maximum Gasteiger partial charge on any atom is 0.191 e. The van der Waals surface area contributed by atoms with Gasteiger partial charge in [0.05, 0.1) is 5.75 Å². The lowest BCUT2D eigenvalue weighted by Crippen LogP contribution is -2.27. The number of nitrogens with one attached hydrogen (secondary N) is 2. The summed E-state index contributed by atoms with van der Waals surface area (Å²) in [7, 11) is 2.04. The Bertz CT molecular complexity index is 570. The van der Waals surface area contributed by atoms with Crippen molar-refractivity contribution in [3.8, 4) is 0 Å². The first-order valence-corrected chi connectivity index (χ1v) is 7.83. The molecular formula is C12H19N7S. The van der Waals surface area contributed by atoms with E-state index >= 15 is 0 Å². The summed E-state index contributed by atoms with van der Waals surface area (Å²) in [5, 5.41) is 20.0. The quantitative estimate of drug-likeness (QED) is 0.818. The van der Waals surface area contributed by atoms with Gasteiger partial charge in [-0.3, -0.25) is 5.10 Å². The van der Waals surface area contributed by atoms with Crippen LogP contribution in [-0.4, -0.2) is 43.0 Å². The van der Waals surface area contributed by atoms with Crippen LogP contribution in [0.15, 0.2) is 5.16 Å². The van der Waals surface area contributed by atoms with E-state index in [9.17, 15) is 0 Å². The van der Waals surface area contributed by atoms with Crippen LogP contribution in [0.5, 0.6) is 0 Å². The van der Waals surface area contributed by atoms with Crippen molar-refractivity contribution >= 4 is 11.8 Å². The highest BCUT2D eigenvalue weighted by atomic mass is 32.2. The van der Waals surface area contributed by atoms with Gasteiger partial charge in [-0.15, -0.1) is 10.2 Å². The molecule has 0 radical (unpaired) electrons. The molecule has 7 nitrogen and oxygen atoms in total. The van der Waals surface area contributed by atoms with Crippen LogP contribution in [0, 0.1) is 6.92 Å². The van der Waals surface area contributed by atoms with E-state index in [1.54, 1.807) is 11.8 Å². The number of nitrogens with zero attached hydrogens (tertiary/aromatic N) is 5. The van der Waals surface area contributed by atoms with Gasteiger partial charge in [0, 0.05) is 13.0 Å². The third-order valence-electron chi connectivity index (χ3n) is 3.55. The fourth-order valence-corrected chi connectivity index (χ4v) is 3.24. The topological polar surface area (TPSA) is 84.3 Å². The molecule has 0 spiro atoms. The SMILES string of the molecule is Cc1nc(CSc2nnc(C3CCNCC3)n2C)n[nH]1. The van der Waals surface area contributed by atoms with Crippen LogP contribution >= 0.6 is 11.8 Å². The Hall–Kier alpha value is -1.41. The highest BCUT2D eigenvalue weighted by molar-refractivity contribution is 7.98. The first-order valence-electron chi connectivity index (χ1n) is 6.84. The number of H-pyrrole nitrogens is 1. The Labute approximate surface area is 122 Å². The van der Waals surface area contributed by atoms with Crippen LogP contribution in [0.25, 0.3) is 0 Å². The highest BCUT2D eigenvalue weighted by Crippen LogP contribution is 2.27. The van der Waals surface area contributed by atoms with Gasteiger partial charge >= 0.3 is 0 Å². The van der Waals surface area contributed by atoms with Gasteiger partial charge in [-0.05, 0) is 32.9 Å². The molecule has 20 heavy (non-hydrogen) atoms. The third kappa shape index (κ3) is 2.85. The second-order valence-electron chi connectivity index (χ2n) is 5.05. The molecule has 0 saturated carbocycles. The maximum absolute atomic E-state index is 4.37. The lowest BCUT2D eigenvalue weighted by Gasteiger charge is -2.21. The Morgan fingerprint density at radius 3 is 2.80 bits per heavy atom. The minimum atomic E-state index is 0.522. The van der Waals surface area contributed by atoms with E-state index < -0.39 is 0 Å². The van der Waals surface area contributed by atoms with E-state index in [0.717, 1.165) is 48.6 Å². The van der Waals surface area contributed by atoms with E-state index in [-0.39, 0.29) is 0 Å². The van der Waals surface area contributed by atoms with E-state index in [0.29, 0.717) is 11.7 Å². The summed E-state index contributed by atoms with van der Waals surface area (Å²) < 4.78 is 2.11. The smallest absolute Gasteiger partial charge is 0.191 e. The van der Waals surface area contributed by atoms with Crippen molar-refractivity contribution in [1.82, 2.24) is 35.3 Å². The van der Waals surface area contributed by atoms with Crippen molar-refractivity contribution in [3.05, 3.63) is 17.5 Å². The molecule has 0 unspecified atom stereocenters. The molecule has 3 heterocycles. The first kappa shape index (κ1) is 13.6. The molecule has 0 aliphatic carbocycles. The number of rotatable bonds is 4. The highest BCUT2D eigenvalue weighted by Gasteiger charge is 2.21. The van der Waals surface area contributed by atoms with E-state index in [1.165, 1.54) is 0 Å². The number of aryl methyl sites for hydroxylation is 1. The fraction of sp³-hybridized carbons (Fsp3) is 0.667. The number of thioether (sulfide) groups is 1. The minimum absolute atomic E-state index is 0.522. The van der Waals surface area contributed by atoms with Crippen molar-refractivity contribution in [2.45, 2.75) is 36.6 Å². The average Bonchev–Trinajstić information content (AvgIpc) is 3.04. The Morgan fingerprint density at radius 2 is 2.10 bits per heavy atom. The molecule has 1 aliphatic heterocycles. The summed E-state index contributed by atoms with van der Waals surface area (Å²) in [5.74, 6) is 3.98.